The number of nitrogens with one attached hydrogen (secondary N) is 1. The fourth-order valence-corrected chi connectivity index (χ4v) is 1.34. The predicted molar refractivity (Wildman–Crippen MR) is 69.6 cm³/mol. The Bertz CT molecular complexity index is 350. The van der Waals surface area contributed by atoms with Gasteiger partial charge in [-0.3, -0.25) is 0 Å². The quantitative estimate of drug-likeness (QED) is 0.775. The second kappa shape index (κ2) is 5.40. The molecule has 1 heteroatoms. The van der Waals surface area contributed by atoms with E-state index in [9.17, 15) is 0 Å². The number of hydrogen-bond acceptors (Lipinski definition) is 1. The van der Waals surface area contributed by atoms with Crippen LogP contribution in [0.1, 0.15) is 39.2 Å². The Morgan fingerprint density at radius 2 is 1.93 bits per heavy atom. The first-order chi connectivity index (χ1) is 7.15. The van der Waals surface area contributed by atoms with Gasteiger partial charge < -0.3 is 5.32 Å². The molecule has 0 amide bonds. The highest BCUT2D eigenvalue weighted by molar-refractivity contribution is 5.62. The largest absolute Gasteiger partial charge is 0.362 e. The molecule has 0 aromatic heterocycles. The van der Waals surface area contributed by atoms with Gasteiger partial charge in [-0.2, -0.15) is 0 Å². The first-order valence-corrected chi connectivity index (χ1v) is 5.32. The van der Waals surface area contributed by atoms with Gasteiger partial charge in [0.05, 0.1) is 0 Å². The molecule has 0 heterocycles. The molecule has 0 fully saturated rings. The van der Waals surface area contributed by atoms with Crippen LogP contribution < -0.4 is 5.32 Å². The van der Waals surface area contributed by atoms with E-state index in [4.69, 9.17) is 0 Å². The van der Waals surface area contributed by atoms with Crippen molar-refractivity contribution in [2.24, 2.45) is 0 Å². The maximum atomic E-state index is 3.97. The first-order valence-electron chi connectivity index (χ1n) is 5.32. The summed E-state index contributed by atoms with van der Waals surface area (Å²) in [5.74, 6) is 0.579. The monoisotopic (exact) mass is 203 g/mol. The molecule has 0 unspecified atom stereocenters. The lowest BCUT2D eigenvalue weighted by Gasteiger charge is -2.08. The van der Waals surface area contributed by atoms with Crippen LogP contribution in [-0.4, -0.2) is 0 Å². The van der Waals surface area contributed by atoms with Crippen molar-refractivity contribution >= 4 is 5.70 Å². The van der Waals surface area contributed by atoms with Crippen LogP contribution in [0.4, 0.5) is 0 Å². The zero-order valence-corrected chi connectivity index (χ0v) is 9.75. The SMILES string of the molecule is C=C(N/C=C\C)c1ccc(C(C)C)cc1.[HH]. The van der Waals surface area contributed by atoms with Crippen LogP contribution in [0.5, 0.6) is 0 Å². The topological polar surface area (TPSA) is 12.0 Å². The molecule has 1 aromatic rings. The molecule has 1 nitrogen and oxygen atoms in total. The molecule has 0 aliphatic rings. The van der Waals surface area contributed by atoms with E-state index >= 15 is 0 Å². The van der Waals surface area contributed by atoms with E-state index in [0.29, 0.717) is 5.92 Å². The Balaban J connectivity index is 0.00000225. The van der Waals surface area contributed by atoms with Gasteiger partial charge in [0, 0.05) is 7.12 Å². The summed E-state index contributed by atoms with van der Waals surface area (Å²) in [5.41, 5.74) is 3.43. The van der Waals surface area contributed by atoms with Crippen molar-refractivity contribution in [2.75, 3.05) is 0 Å². The van der Waals surface area contributed by atoms with Gasteiger partial charge in [0.1, 0.15) is 0 Å². The molecule has 0 spiro atoms. The summed E-state index contributed by atoms with van der Waals surface area (Å²) in [6, 6.07) is 8.52. The van der Waals surface area contributed by atoms with E-state index in [0.717, 1.165) is 11.3 Å². The summed E-state index contributed by atoms with van der Waals surface area (Å²) >= 11 is 0. The lowest BCUT2D eigenvalue weighted by Crippen LogP contribution is -2.01. The third kappa shape index (κ3) is 3.28. The van der Waals surface area contributed by atoms with Crippen LogP contribution in [0.25, 0.3) is 5.70 Å². The van der Waals surface area contributed by atoms with E-state index < -0.39 is 0 Å². The third-order valence-corrected chi connectivity index (χ3v) is 2.35. The van der Waals surface area contributed by atoms with Gasteiger partial charge in [-0.1, -0.05) is 50.8 Å². The molecule has 1 N–H and O–H groups in total. The van der Waals surface area contributed by atoms with Gasteiger partial charge in [-0.05, 0) is 30.2 Å². The van der Waals surface area contributed by atoms with Crippen LogP contribution in [-0.2, 0) is 0 Å². The molecule has 0 bridgehead atoms. The summed E-state index contributed by atoms with van der Waals surface area (Å²) < 4.78 is 0. The van der Waals surface area contributed by atoms with E-state index in [1.54, 1.807) is 0 Å². The van der Waals surface area contributed by atoms with Crippen molar-refractivity contribution in [3.63, 3.8) is 0 Å². The molecule has 15 heavy (non-hydrogen) atoms. The van der Waals surface area contributed by atoms with Crippen LogP contribution in [0.2, 0.25) is 0 Å². The Kier molecular flexibility index (Phi) is 4.17. The van der Waals surface area contributed by atoms with Gasteiger partial charge in [-0.25, -0.2) is 0 Å². The Labute approximate surface area is 94.0 Å². The number of benzene rings is 1. The van der Waals surface area contributed by atoms with Gasteiger partial charge in [0.2, 0.25) is 0 Å². The first kappa shape index (κ1) is 11.6. The molecule has 1 aromatic carbocycles. The van der Waals surface area contributed by atoms with E-state index in [1.807, 2.05) is 19.2 Å². The second-order valence-corrected chi connectivity index (χ2v) is 3.90. The van der Waals surface area contributed by atoms with Crippen LogP contribution in [0, 0.1) is 0 Å². The van der Waals surface area contributed by atoms with Gasteiger partial charge in [0.25, 0.3) is 0 Å². The lowest BCUT2D eigenvalue weighted by molar-refractivity contribution is 0.866. The minimum Gasteiger partial charge on any atom is -0.362 e. The van der Waals surface area contributed by atoms with Crippen molar-refractivity contribution in [3.05, 3.63) is 54.2 Å². The Hall–Kier alpha value is -1.50. The third-order valence-electron chi connectivity index (χ3n) is 2.35. The summed E-state index contributed by atoms with van der Waals surface area (Å²) in [6.45, 7) is 10.3. The maximum absolute atomic E-state index is 3.97. The van der Waals surface area contributed by atoms with Gasteiger partial charge in [-0.15, -0.1) is 0 Å². The highest BCUT2D eigenvalue weighted by Crippen LogP contribution is 2.17. The normalized spacial score (nSPS) is 10.9. The maximum Gasteiger partial charge on any atom is 0.0380 e. The molecule has 0 saturated heterocycles. The average molecular weight is 203 g/mol. The number of rotatable bonds is 4. The van der Waals surface area contributed by atoms with Crippen molar-refractivity contribution in [2.45, 2.75) is 26.7 Å². The zero-order valence-electron chi connectivity index (χ0n) is 9.75. The Morgan fingerprint density at radius 1 is 1.33 bits per heavy atom. The number of hydrogen-bond donors (Lipinski definition) is 1. The van der Waals surface area contributed by atoms with Gasteiger partial charge >= 0.3 is 0 Å². The number of allylic oxidation sites excluding steroid dienone is 1. The molecule has 0 radical (unpaired) electrons. The van der Waals surface area contributed by atoms with Crippen LogP contribution >= 0.6 is 0 Å². The lowest BCUT2D eigenvalue weighted by atomic mass is 10.0. The standard InChI is InChI=1S/C14H19N.H2/c1-5-10-15-12(4)14-8-6-13(7-9-14)11(2)3;/h5-11,15H,4H2,1-3H3;1H/b10-5-;. The molecule has 0 atom stereocenters. The smallest absolute Gasteiger partial charge is 0.0380 e. The van der Waals surface area contributed by atoms with E-state index in [2.05, 4.69) is 50.0 Å². The Morgan fingerprint density at radius 3 is 2.40 bits per heavy atom. The summed E-state index contributed by atoms with van der Waals surface area (Å²) in [6.07, 6.45) is 3.84. The van der Waals surface area contributed by atoms with Crippen molar-refractivity contribution < 1.29 is 1.43 Å². The highest BCUT2D eigenvalue weighted by Gasteiger charge is 2.00. The summed E-state index contributed by atoms with van der Waals surface area (Å²) in [4.78, 5) is 0. The zero-order chi connectivity index (χ0) is 11.3. The second-order valence-electron chi connectivity index (χ2n) is 3.90. The van der Waals surface area contributed by atoms with E-state index in [-0.39, 0.29) is 1.43 Å². The summed E-state index contributed by atoms with van der Waals surface area (Å²) in [7, 11) is 0. The highest BCUT2D eigenvalue weighted by atomic mass is 14.8. The van der Waals surface area contributed by atoms with Gasteiger partial charge in [0.15, 0.2) is 0 Å². The molecular formula is C14H21N. The fraction of sp³-hybridized carbons (Fsp3) is 0.286. The fourth-order valence-electron chi connectivity index (χ4n) is 1.34. The summed E-state index contributed by atoms with van der Waals surface area (Å²) in [5, 5.41) is 3.12. The van der Waals surface area contributed by atoms with Crippen LogP contribution in [0.15, 0.2) is 43.1 Å². The minimum absolute atomic E-state index is 0. The molecule has 0 aliphatic carbocycles. The van der Waals surface area contributed by atoms with Crippen LogP contribution in [0.3, 0.4) is 0 Å². The minimum atomic E-state index is 0. The molecule has 0 aliphatic heterocycles. The molecule has 0 saturated carbocycles. The van der Waals surface area contributed by atoms with E-state index in [1.165, 1.54) is 5.56 Å². The van der Waals surface area contributed by atoms with Crippen molar-refractivity contribution in [3.8, 4) is 0 Å². The molecule has 82 valence electrons. The van der Waals surface area contributed by atoms with Crippen molar-refractivity contribution in [1.29, 1.82) is 0 Å². The average Bonchev–Trinajstić information content (AvgIpc) is 2.26. The van der Waals surface area contributed by atoms with Crippen molar-refractivity contribution in [1.82, 2.24) is 5.32 Å². The predicted octanol–water partition coefficient (Wildman–Crippen LogP) is 4.15. The molecule has 1 rings (SSSR count). The molecular weight excluding hydrogens is 182 g/mol.